The van der Waals surface area contributed by atoms with Crippen molar-refractivity contribution in [3.8, 4) is 0 Å². The van der Waals surface area contributed by atoms with Gasteiger partial charge in [-0.3, -0.25) is 0 Å². The van der Waals surface area contributed by atoms with Crippen molar-refractivity contribution >= 4 is 10.9 Å². The Morgan fingerprint density at radius 2 is 2.00 bits per heavy atom. The highest BCUT2D eigenvalue weighted by Gasteiger charge is 2.31. The van der Waals surface area contributed by atoms with Gasteiger partial charge in [-0.05, 0) is 31.5 Å². The van der Waals surface area contributed by atoms with Crippen molar-refractivity contribution in [2.75, 3.05) is 0 Å². The third kappa shape index (κ3) is 2.76. The number of benzene rings is 1. The highest BCUT2D eigenvalue weighted by Crippen LogP contribution is 2.33. The van der Waals surface area contributed by atoms with Crippen LogP contribution in [0.15, 0.2) is 24.4 Å². The van der Waals surface area contributed by atoms with E-state index in [2.05, 4.69) is 0 Å². The maximum absolute atomic E-state index is 12.7. The van der Waals surface area contributed by atoms with E-state index in [4.69, 9.17) is 0 Å². The first-order chi connectivity index (χ1) is 8.82. The second-order valence-corrected chi connectivity index (χ2v) is 4.72. The lowest BCUT2D eigenvalue weighted by Gasteiger charge is -2.08. The number of halogens is 3. The summed E-state index contributed by atoms with van der Waals surface area (Å²) in [6.07, 6.45) is -2.59. The Morgan fingerprint density at radius 1 is 1.32 bits per heavy atom. The summed E-state index contributed by atoms with van der Waals surface area (Å²) in [5.74, 6) is 0. The van der Waals surface area contributed by atoms with E-state index in [1.165, 1.54) is 12.1 Å². The molecule has 19 heavy (non-hydrogen) atoms. The molecule has 0 fully saturated rings. The van der Waals surface area contributed by atoms with Crippen molar-refractivity contribution in [1.82, 2.24) is 4.57 Å². The Bertz CT molecular complexity index is 584. The predicted octanol–water partition coefficient (Wildman–Crippen LogP) is 3.60. The van der Waals surface area contributed by atoms with Crippen molar-refractivity contribution in [2.24, 2.45) is 0 Å². The van der Waals surface area contributed by atoms with Gasteiger partial charge >= 0.3 is 6.18 Å². The van der Waals surface area contributed by atoms with Gasteiger partial charge in [-0.15, -0.1) is 0 Å². The molecule has 0 spiro atoms. The van der Waals surface area contributed by atoms with Gasteiger partial charge in [0.1, 0.15) is 0 Å². The summed E-state index contributed by atoms with van der Waals surface area (Å²) in [7, 11) is 0. The summed E-state index contributed by atoms with van der Waals surface area (Å²) in [6, 6.07) is 3.75. The first-order valence-corrected chi connectivity index (χ1v) is 6.20. The van der Waals surface area contributed by atoms with E-state index in [0.29, 0.717) is 18.5 Å². The fourth-order valence-electron chi connectivity index (χ4n) is 2.29. The van der Waals surface area contributed by atoms with Gasteiger partial charge in [0.15, 0.2) is 0 Å². The minimum absolute atomic E-state index is 0.439. The molecule has 0 aliphatic carbocycles. The fourth-order valence-corrected chi connectivity index (χ4v) is 2.29. The van der Waals surface area contributed by atoms with Gasteiger partial charge in [0.2, 0.25) is 0 Å². The lowest BCUT2D eigenvalue weighted by Crippen LogP contribution is -2.05. The Balaban J connectivity index is 2.59. The molecule has 5 heteroatoms. The second kappa shape index (κ2) is 4.89. The van der Waals surface area contributed by atoms with Crippen LogP contribution in [0.4, 0.5) is 13.2 Å². The molecule has 1 atom stereocenters. The van der Waals surface area contributed by atoms with Crippen LogP contribution in [-0.2, 0) is 19.1 Å². The summed E-state index contributed by atoms with van der Waals surface area (Å²) >= 11 is 0. The van der Waals surface area contributed by atoms with Gasteiger partial charge in [-0.2, -0.15) is 13.2 Å². The number of aromatic nitrogens is 1. The first kappa shape index (κ1) is 13.9. The SMILES string of the molecule is CCn1cc(CC(C)O)c2ccc(C(F)(F)F)cc21. The Labute approximate surface area is 109 Å². The third-order valence-electron chi connectivity index (χ3n) is 3.15. The number of nitrogens with zero attached hydrogens (tertiary/aromatic N) is 1. The number of aliphatic hydroxyl groups excluding tert-OH is 1. The Hall–Kier alpha value is -1.49. The molecule has 0 saturated heterocycles. The van der Waals surface area contributed by atoms with Gasteiger partial charge < -0.3 is 9.67 Å². The molecule has 0 aliphatic heterocycles. The third-order valence-corrected chi connectivity index (χ3v) is 3.15. The topological polar surface area (TPSA) is 25.2 Å². The molecule has 2 aromatic rings. The maximum atomic E-state index is 12.7. The average Bonchev–Trinajstić information content (AvgIpc) is 2.65. The normalized spacial score (nSPS) is 14.0. The van der Waals surface area contributed by atoms with E-state index in [1.54, 1.807) is 11.5 Å². The van der Waals surface area contributed by atoms with Crippen LogP contribution in [0.25, 0.3) is 10.9 Å². The molecule has 104 valence electrons. The zero-order valence-electron chi connectivity index (χ0n) is 10.8. The van der Waals surface area contributed by atoms with Crippen LogP contribution in [0.3, 0.4) is 0 Å². The summed E-state index contributed by atoms with van der Waals surface area (Å²) in [5.41, 5.74) is 0.796. The van der Waals surface area contributed by atoms with Gasteiger partial charge in [0.05, 0.1) is 11.7 Å². The Kier molecular flexibility index (Phi) is 3.58. The molecule has 0 radical (unpaired) electrons. The molecular formula is C14H16F3NO. The van der Waals surface area contributed by atoms with Crippen molar-refractivity contribution in [1.29, 1.82) is 0 Å². The van der Waals surface area contributed by atoms with Crippen LogP contribution in [0, 0.1) is 0 Å². The molecular weight excluding hydrogens is 255 g/mol. The maximum Gasteiger partial charge on any atom is 0.416 e. The number of aryl methyl sites for hydroxylation is 1. The molecule has 0 saturated carbocycles. The zero-order chi connectivity index (χ0) is 14.2. The van der Waals surface area contributed by atoms with Crippen LogP contribution in [-0.4, -0.2) is 15.8 Å². The van der Waals surface area contributed by atoms with E-state index in [-0.39, 0.29) is 0 Å². The smallest absolute Gasteiger partial charge is 0.393 e. The van der Waals surface area contributed by atoms with Crippen molar-refractivity contribution in [3.05, 3.63) is 35.5 Å². The van der Waals surface area contributed by atoms with Gasteiger partial charge in [-0.25, -0.2) is 0 Å². The Morgan fingerprint density at radius 3 is 2.53 bits per heavy atom. The minimum atomic E-state index is -4.33. The molecule has 1 unspecified atom stereocenters. The number of hydrogen-bond donors (Lipinski definition) is 1. The molecule has 2 rings (SSSR count). The molecule has 0 amide bonds. The molecule has 1 aromatic carbocycles. The first-order valence-electron chi connectivity index (χ1n) is 6.20. The highest BCUT2D eigenvalue weighted by atomic mass is 19.4. The minimum Gasteiger partial charge on any atom is -0.393 e. The second-order valence-electron chi connectivity index (χ2n) is 4.72. The highest BCUT2D eigenvalue weighted by molar-refractivity contribution is 5.84. The van der Waals surface area contributed by atoms with E-state index < -0.39 is 17.8 Å². The van der Waals surface area contributed by atoms with E-state index in [0.717, 1.165) is 17.0 Å². The molecule has 1 heterocycles. The van der Waals surface area contributed by atoms with E-state index in [1.807, 2.05) is 13.1 Å². The molecule has 0 bridgehead atoms. The molecule has 1 aromatic heterocycles. The summed E-state index contributed by atoms with van der Waals surface area (Å²) in [5, 5.41) is 10.2. The van der Waals surface area contributed by atoms with Crippen LogP contribution in [0.2, 0.25) is 0 Å². The van der Waals surface area contributed by atoms with Crippen molar-refractivity contribution < 1.29 is 18.3 Å². The quantitative estimate of drug-likeness (QED) is 0.906. The van der Waals surface area contributed by atoms with Crippen molar-refractivity contribution in [3.63, 3.8) is 0 Å². The van der Waals surface area contributed by atoms with Crippen LogP contribution >= 0.6 is 0 Å². The molecule has 0 aliphatic rings. The fraction of sp³-hybridized carbons (Fsp3) is 0.429. The summed E-state index contributed by atoms with van der Waals surface area (Å²) in [6.45, 7) is 4.14. The van der Waals surface area contributed by atoms with Crippen LogP contribution < -0.4 is 0 Å². The van der Waals surface area contributed by atoms with Gasteiger partial charge in [0.25, 0.3) is 0 Å². The van der Waals surface area contributed by atoms with E-state index in [9.17, 15) is 18.3 Å². The number of aliphatic hydroxyl groups is 1. The zero-order valence-corrected chi connectivity index (χ0v) is 10.8. The van der Waals surface area contributed by atoms with Crippen molar-refractivity contribution in [2.45, 2.75) is 39.1 Å². The van der Waals surface area contributed by atoms with Gasteiger partial charge in [0, 0.05) is 30.1 Å². The number of hydrogen-bond acceptors (Lipinski definition) is 1. The largest absolute Gasteiger partial charge is 0.416 e. The number of rotatable bonds is 3. The molecule has 2 nitrogen and oxygen atoms in total. The lowest BCUT2D eigenvalue weighted by atomic mass is 10.1. The van der Waals surface area contributed by atoms with Crippen LogP contribution in [0.5, 0.6) is 0 Å². The molecule has 1 N–H and O–H groups in total. The number of alkyl halides is 3. The standard InChI is InChI=1S/C14H16F3NO/c1-3-18-8-10(6-9(2)19)12-5-4-11(7-13(12)18)14(15,16)17/h4-5,7-9,19H,3,6H2,1-2H3. The summed E-state index contributed by atoms with van der Waals surface area (Å²) in [4.78, 5) is 0. The van der Waals surface area contributed by atoms with E-state index >= 15 is 0 Å². The monoisotopic (exact) mass is 271 g/mol. The average molecular weight is 271 g/mol. The van der Waals surface area contributed by atoms with Gasteiger partial charge in [-0.1, -0.05) is 6.07 Å². The van der Waals surface area contributed by atoms with Crippen LogP contribution in [0.1, 0.15) is 25.0 Å². The lowest BCUT2D eigenvalue weighted by molar-refractivity contribution is -0.137. The predicted molar refractivity (Wildman–Crippen MR) is 68.0 cm³/mol. The summed E-state index contributed by atoms with van der Waals surface area (Å²) < 4.78 is 39.9. The number of fused-ring (bicyclic) bond motifs is 1.